The quantitative estimate of drug-likeness (QED) is 0.787. The van der Waals surface area contributed by atoms with Crippen molar-refractivity contribution in [2.24, 2.45) is 0 Å². The molecule has 1 rings (SSSR count). The van der Waals surface area contributed by atoms with Gasteiger partial charge in [0.15, 0.2) is 11.6 Å². The topological polar surface area (TPSA) is 22.1 Å². The average molecular weight is 270 g/mol. The maximum absolute atomic E-state index is 13.0. The van der Waals surface area contributed by atoms with Crippen LogP contribution in [0.2, 0.25) is 0 Å². The first-order chi connectivity index (χ1) is 6.61. The van der Waals surface area contributed by atoms with Crippen LogP contribution in [0.15, 0.2) is 6.20 Å². The molecule has 2 nitrogen and oxygen atoms in total. The molecule has 0 aromatic carbocycles. The van der Waals surface area contributed by atoms with Crippen molar-refractivity contribution in [1.29, 1.82) is 0 Å². The van der Waals surface area contributed by atoms with E-state index in [0.717, 1.165) is 6.20 Å². The van der Waals surface area contributed by atoms with Gasteiger partial charge >= 0.3 is 0 Å². The molecule has 0 aliphatic carbocycles. The summed E-state index contributed by atoms with van der Waals surface area (Å²) in [4.78, 5) is 3.63. The van der Waals surface area contributed by atoms with Crippen molar-refractivity contribution in [2.75, 3.05) is 7.11 Å². The van der Waals surface area contributed by atoms with Crippen LogP contribution in [-0.2, 0) is 5.33 Å². The highest BCUT2D eigenvalue weighted by atomic mass is 79.9. The summed E-state index contributed by atoms with van der Waals surface area (Å²) in [6.45, 7) is 0. The lowest BCUT2D eigenvalue weighted by atomic mass is 10.2. The van der Waals surface area contributed by atoms with Gasteiger partial charge in [0, 0.05) is 5.33 Å². The van der Waals surface area contributed by atoms with Crippen molar-refractivity contribution >= 4 is 15.9 Å². The molecule has 6 heteroatoms. The number of halogens is 4. The number of pyridine rings is 1. The van der Waals surface area contributed by atoms with Gasteiger partial charge < -0.3 is 4.74 Å². The highest BCUT2D eigenvalue weighted by Gasteiger charge is 2.22. The number of hydrogen-bond donors (Lipinski definition) is 0. The predicted octanol–water partition coefficient (Wildman–Crippen LogP) is 3.06. The lowest BCUT2D eigenvalue weighted by Crippen LogP contribution is -2.02. The standard InChI is InChI=1S/C8H7BrF3NO/c1-14-7-5(2-9)13-3-4(10)6(7)8(11)12/h3,8H,2H2,1H3. The van der Waals surface area contributed by atoms with Crippen LogP contribution in [-0.4, -0.2) is 12.1 Å². The fourth-order valence-electron chi connectivity index (χ4n) is 1.05. The Bertz CT molecular complexity index is 333. The van der Waals surface area contributed by atoms with Crippen molar-refractivity contribution in [3.63, 3.8) is 0 Å². The third kappa shape index (κ3) is 2.00. The van der Waals surface area contributed by atoms with Crippen LogP contribution in [0.5, 0.6) is 5.75 Å². The molecule has 14 heavy (non-hydrogen) atoms. The Balaban J connectivity index is 3.35. The Kier molecular flexibility index (Phi) is 3.74. The van der Waals surface area contributed by atoms with Crippen LogP contribution in [0.3, 0.4) is 0 Å². The Morgan fingerprint density at radius 2 is 2.21 bits per heavy atom. The normalized spacial score (nSPS) is 10.7. The minimum atomic E-state index is -2.91. The second-order valence-electron chi connectivity index (χ2n) is 2.43. The van der Waals surface area contributed by atoms with Gasteiger partial charge in [0.25, 0.3) is 6.43 Å². The molecule has 0 amide bonds. The highest BCUT2D eigenvalue weighted by molar-refractivity contribution is 9.08. The van der Waals surface area contributed by atoms with E-state index in [1.165, 1.54) is 7.11 Å². The summed E-state index contributed by atoms with van der Waals surface area (Å²) in [5.74, 6) is -1.25. The van der Waals surface area contributed by atoms with Gasteiger partial charge in [0.2, 0.25) is 0 Å². The first kappa shape index (κ1) is 11.3. The molecule has 0 atom stereocenters. The van der Waals surface area contributed by atoms with E-state index in [0.29, 0.717) is 0 Å². The number of ether oxygens (including phenoxy) is 1. The van der Waals surface area contributed by atoms with Gasteiger partial charge in [-0.25, -0.2) is 13.2 Å². The summed E-state index contributed by atoms with van der Waals surface area (Å²) < 4.78 is 42.5. The van der Waals surface area contributed by atoms with E-state index >= 15 is 0 Å². The van der Waals surface area contributed by atoms with Crippen LogP contribution in [0.25, 0.3) is 0 Å². The molecule has 0 saturated carbocycles. The summed E-state index contributed by atoms with van der Waals surface area (Å²) >= 11 is 3.05. The monoisotopic (exact) mass is 269 g/mol. The summed E-state index contributed by atoms with van der Waals surface area (Å²) in [6.07, 6.45) is -2.15. The average Bonchev–Trinajstić information content (AvgIpc) is 2.16. The SMILES string of the molecule is COc1c(CBr)ncc(F)c1C(F)F. The van der Waals surface area contributed by atoms with Crippen molar-refractivity contribution in [1.82, 2.24) is 4.98 Å². The minimum Gasteiger partial charge on any atom is -0.494 e. The Morgan fingerprint density at radius 3 is 2.64 bits per heavy atom. The van der Waals surface area contributed by atoms with Gasteiger partial charge in [-0.05, 0) is 0 Å². The maximum Gasteiger partial charge on any atom is 0.270 e. The summed E-state index contributed by atoms with van der Waals surface area (Å²) in [5, 5.41) is 0.232. The van der Waals surface area contributed by atoms with E-state index < -0.39 is 17.8 Å². The first-order valence-electron chi connectivity index (χ1n) is 3.67. The van der Waals surface area contributed by atoms with Crippen LogP contribution in [0, 0.1) is 5.82 Å². The smallest absolute Gasteiger partial charge is 0.270 e. The van der Waals surface area contributed by atoms with Gasteiger partial charge in [-0.1, -0.05) is 15.9 Å². The summed E-state index contributed by atoms with van der Waals surface area (Å²) in [5.41, 5.74) is -0.485. The third-order valence-electron chi connectivity index (χ3n) is 1.65. The van der Waals surface area contributed by atoms with Gasteiger partial charge in [-0.3, -0.25) is 4.98 Å². The lowest BCUT2D eigenvalue weighted by molar-refractivity contribution is 0.141. The van der Waals surface area contributed by atoms with Crippen molar-refractivity contribution < 1.29 is 17.9 Å². The molecule has 0 saturated heterocycles. The molecule has 0 fully saturated rings. The highest BCUT2D eigenvalue weighted by Crippen LogP contribution is 2.33. The predicted molar refractivity (Wildman–Crippen MR) is 48.3 cm³/mol. The fraction of sp³-hybridized carbons (Fsp3) is 0.375. The molecule has 0 aliphatic rings. The molecular weight excluding hydrogens is 263 g/mol. The zero-order valence-electron chi connectivity index (χ0n) is 7.23. The van der Waals surface area contributed by atoms with E-state index in [1.807, 2.05) is 0 Å². The summed E-state index contributed by atoms with van der Waals surface area (Å²) in [7, 11) is 1.20. The lowest BCUT2D eigenvalue weighted by Gasteiger charge is -2.11. The fourth-order valence-corrected chi connectivity index (χ4v) is 1.45. The molecular formula is C8H7BrF3NO. The van der Waals surface area contributed by atoms with Gasteiger partial charge in [-0.2, -0.15) is 0 Å². The van der Waals surface area contributed by atoms with Crippen LogP contribution >= 0.6 is 15.9 Å². The second kappa shape index (κ2) is 4.63. The van der Waals surface area contributed by atoms with Crippen LogP contribution in [0.1, 0.15) is 17.7 Å². The van der Waals surface area contributed by atoms with Crippen LogP contribution in [0.4, 0.5) is 13.2 Å². The molecule has 0 radical (unpaired) electrons. The minimum absolute atomic E-state index is 0.197. The molecule has 1 heterocycles. The van der Waals surface area contributed by atoms with E-state index in [4.69, 9.17) is 4.74 Å². The number of aromatic nitrogens is 1. The Hall–Kier alpha value is -0.780. The summed E-state index contributed by atoms with van der Waals surface area (Å²) in [6, 6.07) is 0. The number of hydrogen-bond acceptors (Lipinski definition) is 2. The van der Waals surface area contributed by atoms with Gasteiger partial charge in [0.05, 0.1) is 24.6 Å². The largest absolute Gasteiger partial charge is 0.494 e. The maximum atomic E-state index is 13.0. The molecule has 0 unspecified atom stereocenters. The number of rotatable bonds is 3. The van der Waals surface area contributed by atoms with Gasteiger partial charge in [0.1, 0.15) is 0 Å². The van der Waals surface area contributed by atoms with E-state index in [2.05, 4.69) is 20.9 Å². The van der Waals surface area contributed by atoms with E-state index in [1.54, 1.807) is 0 Å². The van der Waals surface area contributed by atoms with Crippen LogP contribution < -0.4 is 4.74 Å². The zero-order valence-corrected chi connectivity index (χ0v) is 8.82. The third-order valence-corrected chi connectivity index (χ3v) is 2.18. The molecule has 0 spiro atoms. The zero-order chi connectivity index (χ0) is 10.7. The Morgan fingerprint density at radius 1 is 1.57 bits per heavy atom. The molecule has 0 N–H and O–H groups in total. The van der Waals surface area contributed by atoms with Crippen molar-refractivity contribution in [3.05, 3.63) is 23.3 Å². The first-order valence-corrected chi connectivity index (χ1v) is 4.79. The van der Waals surface area contributed by atoms with Crippen molar-refractivity contribution in [2.45, 2.75) is 11.8 Å². The number of nitrogens with zero attached hydrogens (tertiary/aromatic N) is 1. The second-order valence-corrected chi connectivity index (χ2v) is 2.99. The van der Waals surface area contributed by atoms with Gasteiger partial charge in [-0.15, -0.1) is 0 Å². The molecule has 0 bridgehead atoms. The molecule has 1 aromatic heterocycles. The van der Waals surface area contributed by atoms with E-state index in [-0.39, 0.29) is 16.8 Å². The number of methoxy groups -OCH3 is 1. The van der Waals surface area contributed by atoms with E-state index in [9.17, 15) is 13.2 Å². The number of alkyl halides is 3. The molecule has 78 valence electrons. The molecule has 0 aliphatic heterocycles. The Labute approximate surface area is 87.2 Å². The molecule has 1 aromatic rings. The van der Waals surface area contributed by atoms with Crippen molar-refractivity contribution in [3.8, 4) is 5.75 Å².